The standard InChI is InChI=1S/C13H16S2/c1-7-6-8(2)14-12(7)13-10(4)9(3)11(5)15-13/h6H,1-5H3. The molecule has 0 N–H and O–H groups in total. The molecule has 2 heteroatoms. The first-order valence-corrected chi connectivity index (χ1v) is 6.78. The van der Waals surface area contributed by atoms with Crippen molar-refractivity contribution in [3.05, 3.63) is 32.5 Å². The average molecular weight is 236 g/mol. The van der Waals surface area contributed by atoms with Crippen molar-refractivity contribution in [2.45, 2.75) is 34.6 Å². The summed E-state index contributed by atoms with van der Waals surface area (Å²) in [6.07, 6.45) is 0. The minimum Gasteiger partial charge on any atom is -0.139 e. The first-order valence-electron chi connectivity index (χ1n) is 5.14. The lowest BCUT2D eigenvalue weighted by Crippen LogP contribution is -1.77. The zero-order valence-electron chi connectivity index (χ0n) is 9.89. The number of aryl methyl sites for hydroxylation is 3. The summed E-state index contributed by atoms with van der Waals surface area (Å²) in [5.74, 6) is 0. The highest BCUT2D eigenvalue weighted by atomic mass is 32.1. The minimum atomic E-state index is 1.41. The zero-order chi connectivity index (χ0) is 11.2. The van der Waals surface area contributed by atoms with Gasteiger partial charge in [-0.2, -0.15) is 0 Å². The van der Waals surface area contributed by atoms with Crippen molar-refractivity contribution in [3.8, 4) is 9.75 Å². The van der Waals surface area contributed by atoms with E-state index in [9.17, 15) is 0 Å². The highest BCUT2D eigenvalue weighted by molar-refractivity contribution is 7.22. The van der Waals surface area contributed by atoms with Gasteiger partial charge < -0.3 is 0 Å². The molecule has 0 amide bonds. The van der Waals surface area contributed by atoms with Crippen LogP contribution in [0, 0.1) is 34.6 Å². The third kappa shape index (κ3) is 1.77. The molecule has 2 rings (SSSR count). The lowest BCUT2D eigenvalue weighted by atomic mass is 10.1. The van der Waals surface area contributed by atoms with Crippen molar-refractivity contribution in [2.75, 3.05) is 0 Å². The summed E-state index contributed by atoms with van der Waals surface area (Å²) < 4.78 is 0. The van der Waals surface area contributed by atoms with Gasteiger partial charge in [-0.15, -0.1) is 22.7 Å². The lowest BCUT2D eigenvalue weighted by Gasteiger charge is -1.98. The molecular formula is C13H16S2. The van der Waals surface area contributed by atoms with Crippen molar-refractivity contribution in [1.82, 2.24) is 0 Å². The summed E-state index contributed by atoms with van der Waals surface area (Å²) >= 11 is 3.85. The van der Waals surface area contributed by atoms with Crippen molar-refractivity contribution >= 4 is 22.7 Å². The number of hydrogen-bond acceptors (Lipinski definition) is 2. The van der Waals surface area contributed by atoms with Gasteiger partial charge in [0.1, 0.15) is 0 Å². The zero-order valence-corrected chi connectivity index (χ0v) is 11.5. The summed E-state index contributed by atoms with van der Waals surface area (Å²) in [6.45, 7) is 11.1. The van der Waals surface area contributed by atoms with Gasteiger partial charge in [-0.3, -0.25) is 0 Å². The van der Waals surface area contributed by atoms with E-state index in [0.717, 1.165) is 0 Å². The summed E-state index contributed by atoms with van der Waals surface area (Å²) in [5, 5.41) is 0. The lowest BCUT2D eigenvalue weighted by molar-refractivity contribution is 1.35. The average Bonchev–Trinajstić information content (AvgIpc) is 2.61. The van der Waals surface area contributed by atoms with E-state index in [0.29, 0.717) is 0 Å². The first-order chi connectivity index (χ1) is 7.00. The van der Waals surface area contributed by atoms with E-state index < -0.39 is 0 Å². The maximum Gasteiger partial charge on any atom is 0.0480 e. The van der Waals surface area contributed by atoms with Crippen LogP contribution in [0.1, 0.15) is 26.4 Å². The fraction of sp³-hybridized carbons (Fsp3) is 0.385. The van der Waals surface area contributed by atoms with Crippen LogP contribution in [0.15, 0.2) is 6.07 Å². The molecule has 0 fully saturated rings. The smallest absolute Gasteiger partial charge is 0.0480 e. The van der Waals surface area contributed by atoms with Gasteiger partial charge in [0.05, 0.1) is 0 Å². The third-order valence-electron chi connectivity index (χ3n) is 2.93. The van der Waals surface area contributed by atoms with Crippen LogP contribution in [0.25, 0.3) is 9.75 Å². The molecule has 0 unspecified atom stereocenters. The molecule has 0 nitrogen and oxygen atoms in total. The van der Waals surface area contributed by atoms with E-state index in [1.165, 1.54) is 36.2 Å². The highest BCUT2D eigenvalue weighted by Gasteiger charge is 2.14. The highest BCUT2D eigenvalue weighted by Crippen LogP contribution is 2.40. The van der Waals surface area contributed by atoms with Gasteiger partial charge in [-0.25, -0.2) is 0 Å². The molecule has 0 spiro atoms. The maximum atomic E-state index is 2.28. The Morgan fingerprint density at radius 1 is 0.800 bits per heavy atom. The molecule has 15 heavy (non-hydrogen) atoms. The molecule has 0 aliphatic rings. The number of hydrogen-bond donors (Lipinski definition) is 0. The van der Waals surface area contributed by atoms with Crippen molar-refractivity contribution in [1.29, 1.82) is 0 Å². The van der Waals surface area contributed by atoms with Gasteiger partial charge >= 0.3 is 0 Å². The molecule has 0 saturated carbocycles. The Labute approximate surface area is 99.6 Å². The number of rotatable bonds is 1. The van der Waals surface area contributed by atoms with Crippen LogP contribution in [0.5, 0.6) is 0 Å². The van der Waals surface area contributed by atoms with Crippen LogP contribution in [0.3, 0.4) is 0 Å². The van der Waals surface area contributed by atoms with E-state index >= 15 is 0 Å². The molecular weight excluding hydrogens is 220 g/mol. The molecule has 0 aromatic carbocycles. The van der Waals surface area contributed by atoms with Crippen molar-refractivity contribution in [2.24, 2.45) is 0 Å². The van der Waals surface area contributed by atoms with E-state index in [2.05, 4.69) is 40.7 Å². The normalized spacial score (nSPS) is 11.0. The summed E-state index contributed by atoms with van der Waals surface area (Å²) in [6, 6.07) is 2.28. The quantitative estimate of drug-likeness (QED) is 0.652. The molecule has 80 valence electrons. The van der Waals surface area contributed by atoms with Crippen LogP contribution in [0.2, 0.25) is 0 Å². The second-order valence-corrected chi connectivity index (χ2v) is 6.59. The first kappa shape index (κ1) is 10.9. The fourth-order valence-electron chi connectivity index (χ4n) is 1.82. The van der Waals surface area contributed by atoms with Gasteiger partial charge in [0.2, 0.25) is 0 Å². The van der Waals surface area contributed by atoms with E-state index in [1.807, 2.05) is 22.7 Å². The molecule has 2 aromatic heterocycles. The molecule has 0 bridgehead atoms. The van der Waals surface area contributed by atoms with Gasteiger partial charge in [0.25, 0.3) is 0 Å². The van der Waals surface area contributed by atoms with Crippen LogP contribution >= 0.6 is 22.7 Å². The van der Waals surface area contributed by atoms with Crippen LogP contribution < -0.4 is 0 Å². The van der Waals surface area contributed by atoms with Crippen molar-refractivity contribution in [3.63, 3.8) is 0 Å². The van der Waals surface area contributed by atoms with Crippen LogP contribution in [0.4, 0.5) is 0 Å². The topological polar surface area (TPSA) is 0 Å². The fourth-order valence-corrected chi connectivity index (χ4v) is 4.27. The summed E-state index contributed by atoms with van der Waals surface area (Å²) in [7, 11) is 0. The Balaban J connectivity index is 2.64. The second kappa shape index (κ2) is 3.76. The minimum absolute atomic E-state index is 1.41. The Bertz CT molecular complexity index is 501. The molecule has 2 heterocycles. The van der Waals surface area contributed by atoms with Gasteiger partial charge in [-0.05, 0) is 57.4 Å². The molecule has 0 saturated heterocycles. The predicted octanol–water partition coefficient (Wildman–Crippen LogP) is 5.02. The molecule has 0 aliphatic carbocycles. The largest absolute Gasteiger partial charge is 0.139 e. The van der Waals surface area contributed by atoms with Gasteiger partial charge in [-0.1, -0.05) is 0 Å². The van der Waals surface area contributed by atoms with Gasteiger partial charge in [0.15, 0.2) is 0 Å². The molecule has 2 aromatic rings. The summed E-state index contributed by atoms with van der Waals surface area (Å²) in [5.41, 5.74) is 4.34. The predicted molar refractivity (Wildman–Crippen MR) is 71.3 cm³/mol. The van der Waals surface area contributed by atoms with E-state index in [1.54, 1.807) is 0 Å². The monoisotopic (exact) mass is 236 g/mol. The van der Waals surface area contributed by atoms with Crippen molar-refractivity contribution < 1.29 is 0 Å². The molecule has 0 radical (unpaired) electrons. The third-order valence-corrected chi connectivity index (χ3v) is 5.56. The Morgan fingerprint density at radius 3 is 1.87 bits per heavy atom. The number of thiophene rings is 2. The van der Waals surface area contributed by atoms with Crippen LogP contribution in [-0.4, -0.2) is 0 Å². The van der Waals surface area contributed by atoms with E-state index in [-0.39, 0.29) is 0 Å². The Kier molecular flexibility index (Phi) is 2.73. The van der Waals surface area contributed by atoms with Gasteiger partial charge in [0, 0.05) is 19.5 Å². The Hall–Kier alpha value is -0.600. The van der Waals surface area contributed by atoms with E-state index in [4.69, 9.17) is 0 Å². The second-order valence-electron chi connectivity index (χ2n) is 4.11. The maximum absolute atomic E-state index is 2.28. The Morgan fingerprint density at radius 2 is 1.47 bits per heavy atom. The molecule has 0 aliphatic heterocycles. The SMILES string of the molecule is Cc1cc(C)c(-c2sc(C)c(C)c2C)s1. The van der Waals surface area contributed by atoms with Crippen LogP contribution in [-0.2, 0) is 0 Å². The molecule has 0 atom stereocenters. The summed E-state index contributed by atoms with van der Waals surface area (Å²) in [4.78, 5) is 5.80.